The SMILES string of the molecule is O=C(OCc1ccc(-c2ccccc2-c2nnnn2Cc2ccccc2)cc1)c1ccccc1.OCc1ccc(-c2ccccc2-c2nnnn2Cc2ccccc2)cc1. The molecule has 0 spiro atoms. The van der Waals surface area contributed by atoms with Crippen LogP contribution in [0.2, 0.25) is 0 Å². The molecular weight excluding hydrogens is 749 g/mol. The summed E-state index contributed by atoms with van der Waals surface area (Å²) in [7, 11) is 0. The summed E-state index contributed by atoms with van der Waals surface area (Å²) in [6, 6.07) is 61.3. The monoisotopic (exact) mass is 788 g/mol. The zero-order valence-electron chi connectivity index (χ0n) is 32.6. The number of benzene rings is 7. The fourth-order valence-electron chi connectivity index (χ4n) is 6.76. The first-order valence-electron chi connectivity index (χ1n) is 19.4. The quantitative estimate of drug-likeness (QED) is 0.121. The van der Waals surface area contributed by atoms with E-state index in [-0.39, 0.29) is 19.2 Å². The molecule has 7 aromatic carbocycles. The lowest BCUT2D eigenvalue weighted by Crippen LogP contribution is -2.05. The van der Waals surface area contributed by atoms with Gasteiger partial charge in [-0.25, -0.2) is 14.2 Å². The smallest absolute Gasteiger partial charge is 0.338 e. The predicted molar refractivity (Wildman–Crippen MR) is 230 cm³/mol. The molecule has 294 valence electrons. The molecule has 11 nitrogen and oxygen atoms in total. The van der Waals surface area contributed by atoms with E-state index >= 15 is 0 Å². The van der Waals surface area contributed by atoms with Crippen LogP contribution in [-0.2, 0) is 31.0 Å². The first kappa shape index (κ1) is 39.0. The van der Waals surface area contributed by atoms with Gasteiger partial charge in [-0.1, -0.05) is 176 Å². The highest BCUT2D eigenvalue weighted by Gasteiger charge is 2.16. The Bertz CT molecular complexity index is 2760. The number of tetrazole rings is 2. The van der Waals surface area contributed by atoms with Crippen LogP contribution in [0.15, 0.2) is 188 Å². The van der Waals surface area contributed by atoms with E-state index < -0.39 is 0 Å². The second-order valence-corrected chi connectivity index (χ2v) is 13.9. The summed E-state index contributed by atoms with van der Waals surface area (Å²) in [6.07, 6.45) is 0. The molecular formula is C49H40N8O3. The van der Waals surface area contributed by atoms with Gasteiger partial charge < -0.3 is 9.84 Å². The molecule has 0 radical (unpaired) electrons. The number of aromatic nitrogens is 8. The lowest BCUT2D eigenvalue weighted by atomic mass is 9.98. The normalized spacial score (nSPS) is 10.8. The molecule has 0 aliphatic carbocycles. The maximum absolute atomic E-state index is 12.2. The maximum Gasteiger partial charge on any atom is 0.338 e. The minimum absolute atomic E-state index is 0.0389. The van der Waals surface area contributed by atoms with Crippen molar-refractivity contribution in [2.45, 2.75) is 26.3 Å². The van der Waals surface area contributed by atoms with Crippen molar-refractivity contribution in [3.05, 3.63) is 216 Å². The summed E-state index contributed by atoms with van der Waals surface area (Å²) in [5.41, 5.74) is 10.7. The summed E-state index contributed by atoms with van der Waals surface area (Å²) in [5.74, 6) is 1.11. The second-order valence-electron chi connectivity index (χ2n) is 13.9. The zero-order chi connectivity index (χ0) is 40.9. The summed E-state index contributed by atoms with van der Waals surface area (Å²) >= 11 is 0. The molecule has 0 amide bonds. The van der Waals surface area contributed by atoms with Gasteiger partial charge in [-0.2, -0.15) is 0 Å². The fourth-order valence-corrected chi connectivity index (χ4v) is 6.76. The molecule has 0 unspecified atom stereocenters. The Kier molecular flexibility index (Phi) is 12.4. The lowest BCUT2D eigenvalue weighted by Gasteiger charge is -2.11. The molecule has 2 aromatic heterocycles. The van der Waals surface area contributed by atoms with Gasteiger partial charge in [0.15, 0.2) is 11.6 Å². The minimum Gasteiger partial charge on any atom is -0.457 e. The van der Waals surface area contributed by atoms with Gasteiger partial charge in [-0.15, -0.1) is 10.2 Å². The van der Waals surface area contributed by atoms with E-state index in [1.165, 1.54) is 0 Å². The van der Waals surface area contributed by atoms with Crippen LogP contribution < -0.4 is 0 Å². The minimum atomic E-state index is -0.333. The van der Waals surface area contributed by atoms with E-state index in [1.807, 2.05) is 149 Å². The highest BCUT2D eigenvalue weighted by Crippen LogP contribution is 2.32. The first-order valence-corrected chi connectivity index (χ1v) is 19.4. The largest absolute Gasteiger partial charge is 0.457 e. The van der Waals surface area contributed by atoms with Crippen LogP contribution in [0, 0.1) is 0 Å². The number of nitrogens with zero attached hydrogens (tertiary/aromatic N) is 8. The Labute approximate surface area is 347 Å². The fraction of sp³-hybridized carbons (Fsp3) is 0.0816. The Balaban J connectivity index is 0.000000172. The molecule has 9 aromatic rings. The summed E-state index contributed by atoms with van der Waals surface area (Å²) in [6.45, 7) is 1.45. The van der Waals surface area contributed by atoms with Crippen LogP contribution in [0.25, 0.3) is 45.0 Å². The third-order valence-electron chi connectivity index (χ3n) is 9.84. The van der Waals surface area contributed by atoms with E-state index in [9.17, 15) is 9.90 Å². The van der Waals surface area contributed by atoms with Gasteiger partial charge in [-0.05, 0) is 77.5 Å². The van der Waals surface area contributed by atoms with Crippen LogP contribution in [0.3, 0.4) is 0 Å². The van der Waals surface area contributed by atoms with E-state index in [0.717, 1.165) is 61.5 Å². The molecule has 0 aliphatic rings. The average molecular weight is 789 g/mol. The van der Waals surface area contributed by atoms with E-state index in [4.69, 9.17) is 4.74 Å². The number of aliphatic hydroxyl groups excluding tert-OH is 1. The third kappa shape index (κ3) is 9.45. The van der Waals surface area contributed by atoms with Gasteiger partial charge in [0.25, 0.3) is 0 Å². The topological polar surface area (TPSA) is 134 Å². The number of carbonyl (C=O) groups excluding carboxylic acids is 1. The molecule has 11 heteroatoms. The highest BCUT2D eigenvalue weighted by molar-refractivity contribution is 5.89. The number of carbonyl (C=O) groups is 1. The lowest BCUT2D eigenvalue weighted by molar-refractivity contribution is 0.0472. The predicted octanol–water partition coefficient (Wildman–Crippen LogP) is 8.96. The van der Waals surface area contributed by atoms with Crippen LogP contribution in [0.4, 0.5) is 0 Å². The highest BCUT2D eigenvalue weighted by atomic mass is 16.5. The van der Waals surface area contributed by atoms with Gasteiger partial charge in [0.05, 0.1) is 25.3 Å². The number of hydrogen-bond donors (Lipinski definition) is 1. The summed E-state index contributed by atoms with van der Waals surface area (Å²) in [4.78, 5) is 12.2. The second kappa shape index (κ2) is 19.0. The van der Waals surface area contributed by atoms with Crippen LogP contribution in [-0.4, -0.2) is 51.5 Å². The van der Waals surface area contributed by atoms with E-state index in [0.29, 0.717) is 24.5 Å². The number of ether oxygens (including phenoxy) is 1. The molecule has 9 rings (SSSR count). The molecule has 0 fully saturated rings. The van der Waals surface area contributed by atoms with Crippen molar-refractivity contribution in [2.24, 2.45) is 0 Å². The van der Waals surface area contributed by atoms with E-state index in [1.54, 1.807) is 12.1 Å². The summed E-state index contributed by atoms with van der Waals surface area (Å²) < 4.78 is 9.07. The van der Waals surface area contributed by atoms with Crippen molar-refractivity contribution in [3.63, 3.8) is 0 Å². The van der Waals surface area contributed by atoms with Crippen molar-refractivity contribution < 1.29 is 14.6 Å². The third-order valence-corrected chi connectivity index (χ3v) is 9.84. The standard InChI is InChI=1S/C28H22N4O2.C21H18N4O/c33-28(24-11-5-2-6-12-24)34-20-22-15-17-23(18-16-22)25-13-7-8-14-26(25)27-29-30-31-32(27)19-21-9-3-1-4-10-21;26-15-17-10-12-18(13-11-17)19-8-4-5-9-20(19)21-22-23-24-25(21)14-16-6-2-1-3-7-16/h1-18H,19-20H2;1-13,26H,14-15H2. The van der Waals surface area contributed by atoms with Gasteiger partial charge >= 0.3 is 5.97 Å². The Morgan fingerprint density at radius 1 is 0.450 bits per heavy atom. The van der Waals surface area contributed by atoms with E-state index in [2.05, 4.69) is 67.4 Å². The molecule has 0 bridgehead atoms. The molecule has 60 heavy (non-hydrogen) atoms. The molecule has 0 atom stereocenters. The maximum atomic E-state index is 12.2. The number of hydrogen-bond acceptors (Lipinski definition) is 9. The van der Waals surface area contributed by atoms with Gasteiger partial charge in [0.1, 0.15) is 6.61 Å². The Morgan fingerprint density at radius 3 is 1.30 bits per heavy atom. The Hall–Kier alpha value is -7.89. The van der Waals surface area contributed by atoms with Gasteiger partial charge in [-0.3, -0.25) is 0 Å². The van der Waals surface area contributed by atoms with Crippen LogP contribution >= 0.6 is 0 Å². The summed E-state index contributed by atoms with van der Waals surface area (Å²) in [5, 5.41) is 34.0. The van der Waals surface area contributed by atoms with Crippen molar-refractivity contribution in [3.8, 4) is 45.0 Å². The number of aliphatic hydroxyl groups is 1. The van der Waals surface area contributed by atoms with Crippen molar-refractivity contribution in [1.82, 2.24) is 40.4 Å². The first-order chi connectivity index (χ1) is 29.6. The number of rotatable bonds is 12. The van der Waals surface area contributed by atoms with Gasteiger partial charge in [0.2, 0.25) is 0 Å². The molecule has 0 aliphatic heterocycles. The molecule has 1 N–H and O–H groups in total. The van der Waals surface area contributed by atoms with Crippen molar-refractivity contribution in [1.29, 1.82) is 0 Å². The van der Waals surface area contributed by atoms with Crippen LogP contribution in [0.1, 0.15) is 32.6 Å². The molecule has 2 heterocycles. The molecule has 0 saturated carbocycles. The van der Waals surface area contributed by atoms with Gasteiger partial charge in [0, 0.05) is 11.1 Å². The van der Waals surface area contributed by atoms with Crippen molar-refractivity contribution in [2.75, 3.05) is 0 Å². The molecule has 0 saturated heterocycles. The zero-order valence-corrected chi connectivity index (χ0v) is 32.6. The average Bonchev–Trinajstić information content (AvgIpc) is 3.99. The van der Waals surface area contributed by atoms with Crippen molar-refractivity contribution >= 4 is 5.97 Å². The van der Waals surface area contributed by atoms with Crippen LogP contribution in [0.5, 0.6) is 0 Å². The number of esters is 1. The Morgan fingerprint density at radius 2 is 0.850 bits per heavy atom.